The van der Waals surface area contributed by atoms with E-state index in [1.165, 1.54) is 19.2 Å². The predicted octanol–water partition coefficient (Wildman–Crippen LogP) is 2.68. The van der Waals surface area contributed by atoms with Crippen molar-refractivity contribution in [1.29, 1.82) is 0 Å². The Bertz CT molecular complexity index is 688. The van der Waals surface area contributed by atoms with Crippen LogP contribution < -0.4 is 10.1 Å². The van der Waals surface area contributed by atoms with Crippen LogP contribution in [0.4, 0.5) is 5.69 Å². The molecule has 0 saturated heterocycles. The number of amides is 1. The number of carbonyl (C=O) groups is 2. The molecule has 0 bridgehead atoms. The minimum absolute atomic E-state index is 0.0857. The number of nitro benzene ring substituents is 1. The third kappa shape index (κ3) is 4.26. The Morgan fingerprint density at radius 1 is 1.28 bits per heavy atom. The largest absolute Gasteiger partial charge is 0.496 e. The molecule has 2 atom stereocenters. The zero-order chi connectivity index (χ0) is 18.6. The number of hydrogen-bond acceptors (Lipinski definition) is 5. The summed E-state index contributed by atoms with van der Waals surface area (Å²) >= 11 is 0. The summed E-state index contributed by atoms with van der Waals surface area (Å²) in [5, 5.41) is 23.3. The van der Waals surface area contributed by atoms with Crippen LogP contribution in [0.15, 0.2) is 12.1 Å². The molecule has 8 nitrogen and oxygen atoms in total. The van der Waals surface area contributed by atoms with Crippen molar-refractivity contribution >= 4 is 17.6 Å². The molecule has 2 N–H and O–H groups in total. The maximum atomic E-state index is 12.6. The van der Waals surface area contributed by atoms with E-state index < -0.39 is 28.8 Å². The molecule has 0 aliphatic heterocycles. The van der Waals surface area contributed by atoms with Crippen molar-refractivity contribution in [3.05, 3.63) is 33.4 Å². The van der Waals surface area contributed by atoms with Crippen molar-refractivity contribution in [2.75, 3.05) is 7.11 Å². The summed E-state index contributed by atoms with van der Waals surface area (Å²) in [6.45, 7) is 1.55. The van der Waals surface area contributed by atoms with Gasteiger partial charge in [0.05, 0.1) is 23.5 Å². The number of nitro groups is 1. The van der Waals surface area contributed by atoms with E-state index in [1.807, 2.05) is 0 Å². The molecular weight excluding hydrogens is 328 g/mol. The van der Waals surface area contributed by atoms with Gasteiger partial charge in [-0.3, -0.25) is 19.7 Å². The van der Waals surface area contributed by atoms with Gasteiger partial charge in [0.25, 0.3) is 11.6 Å². The average molecular weight is 350 g/mol. The third-order valence-corrected chi connectivity index (χ3v) is 4.66. The zero-order valence-electron chi connectivity index (χ0n) is 14.3. The van der Waals surface area contributed by atoms with E-state index in [0.717, 1.165) is 19.3 Å². The summed E-state index contributed by atoms with van der Waals surface area (Å²) in [6.07, 6.45) is 3.67. The van der Waals surface area contributed by atoms with Gasteiger partial charge in [-0.25, -0.2) is 0 Å². The molecule has 136 valence electrons. The smallest absolute Gasteiger partial charge is 0.308 e. The summed E-state index contributed by atoms with van der Waals surface area (Å²) in [7, 11) is 1.37. The molecule has 1 saturated carbocycles. The van der Waals surface area contributed by atoms with Crippen molar-refractivity contribution in [3.8, 4) is 5.75 Å². The monoisotopic (exact) mass is 350 g/mol. The maximum absolute atomic E-state index is 12.6. The molecule has 25 heavy (non-hydrogen) atoms. The second-order valence-corrected chi connectivity index (χ2v) is 6.24. The van der Waals surface area contributed by atoms with E-state index in [0.29, 0.717) is 18.4 Å². The fraction of sp³-hybridized carbons (Fsp3) is 0.529. The van der Waals surface area contributed by atoms with Crippen LogP contribution in [-0.4, -0.2) is 35.1 Å². The lowest BCUT2D eigenvalue weighted by atomic mass is 9.94. The lowest BCUT2D eigenvalue weighted by Gasteiger charge is -2.23. The first-order chi connectivity index (χ1) is 11.8. The molecular formula is C17H22N2O6. The Kier molecular flexibility index (Phi) is 5.95. The first-order valence-electron chi connectivity index (χ1n) is 8.21. The summed E-state index contributed by atoms with van der Waals surface area (Å²) < 4.78 is 5.12. The first-order valence-corrected chi connectivity index (χ1v) is 8.21. The molecule has 0 spiro atoms. The van der Waals surface area contributed by atoms with Gasteiger partial charge in [-0.2, -0.15) is 0 Å². The second kappa shape index (κ2) is 7.96. The number of carboxylic acids is 1. The molecule has 0 aromatic heterocycles. The SMILES string of the molecule is COc1cc(C(=O)N[C@H]2CCCCC[C@H]2C(=O)O)cc([N+](=O)[O-])c1C. The molecule has 1 aliphatic carbocycles. The predicted molar refractivity (Wildman–Crippen MR) is 89.9 cm³/mol. The van der Waals surface area contributed by atoms with Gasteiger partial charge in [0, 0.05) is 17.7 Å². The highest BCUT2D eigenvalue weighted by molar-refractivity contribution is 5.96. The lowest BCUT2D eigenvalue weighted by molar-refractivity contribution is -0.385. The van der Waals surface area contributed by atoms with Gasteiger partial charge in [-0.1, -0.05) is 19.3 Å². The van der Waals surface area contributed by atoms with Crippen molar-refractivity contribution < 1.29 is 24.4 Å². The Balaban J connectivity index is 2.28. The highest BCUT2D eigenvalue weighted by Crippen LogP contribution is 2.30. The molecule has 1 fully saturated rings. The molecule has 0 heterocycles. The van der Waals surface area contributed by atoms with Crippen molar-refractivity contribution in [1.82, 2.24) is 5.32 Å². The second-order valence-electron chi connectivity index (χ2n) is 6.24. The molecule has 0 unspecified atom stereocenters. The van der Waals surface area contributed by atoms with Gasteiger partial charge in [0.15, 0.2) is 0 Å². The minimum Gasteiger partial charge on any atom is -0.496 e. The van der Waals surface area contributed by atoms with Crippen LogP contribution in [0, 0.1) is 23.0 Å². The topological polar surface area (TPSA) is 119 Å². The zero-order valence-corrected chi connectivity index (χ0v) is 14.3. The number of benzene rings is 1. The number of rotatable bonds is 5. The standard InChI is InChI=1S/C17H22N2O6/c1-10-14(19(23)24)8-11(9-15(10)25-2)16(20)18-13-7-5-3-4-6-12(13)17(21)22/h8-9,12-13H,3-7H2,1-2H3,(H,18,20)(H,21,22)/t12-,13+/m1/s1. The van der Waals surface area contributed by atoms with Gasteiger partial charge >= 0.3 is 5.97 Å². The fourth-order valence-electron chi connectivity index (χ4n) is 3.23. The third-order valence-electron chi connectivity index (χ3n) is 4.66. The molecule has 1 aliphatic rings. The summed E-state index contributed by atoms with van der Waals surface area (Å²) in [4.78, 5) is 34.6. The van der Waals surface area contributed by atoms with Gasteiger partial charge in [0.2, 0.25) is 0 Å². The van der Waals surface area contributed by atoms with E-state index >= 15 is 0 Å². The number of carboxylic acid groups (broad SMARTS) is 1. The molecule has 8 heteroatoms. The number of aliphatic carboxylic acids is 1. The number of nitrogens with zero attached hydrogens (tertiary/aromatic N) is 1. The highest BCUT2D eigenvalue weighted by atomic mass is 16.6. The van der Waals surface area contributed by atoms with E-state index in [9.17, 15) is 24.8 Å². The van der Waals surface area contributed by atoms with Crippen molar-refractivity contribution in [2.24, 2.45) is 5.92 Å². The molecule has 1 amide bonds. The number of nitrogens with one attached hydrogen (secondary N) is 1. The van der Waals surface area contributed by atoms with E-state index in [4.69, 9.17) is 4.74 Å². The quantitative estimate of drug-likeness (QED) is 0.479. The van der Waals surface area contributed by atoms with Crippen LogP contribution in [0.25, 0.3) is 0 Å². The highest BCUT2D eigenvalue weighted by Gasteiger charge is 2.31. The van der Waals surface area contributed by atoms with E-state index in [1.54, 1.807) is 6.92 Å². The summed E-state index contributed by atoms with van der Waals surface area (Å²) in [5.41, 5.74) is 0.213. The van der Waals surface area contributed by atoms with E-state index in [2.05, 4.69) is 5.32 Å². The first kappa shape index (κ1) is 18.7. The van der Waals surface area contributed by atoms with Crippen molar-refractivity contribution in [2.45, 2.75) is 45.1 Å². The summed E-state index contributed by atoms with van der Waals surface area (Å²) in [5.74, 6) is -1.86. The van der Waals surface area contributed by atoms with Crippen LogP contribution in [0.2, 0.25) is 0 Å². The normalized spacial score (nSPS) is 20.4. The van der Waals surface area contributed by atoms with Gasteiger partial charge in [0.1, 0.15) is 5.75 Å². The van der Waals surface area contributed by atoms with E-state index in [-0.39, 0.29) is 17.0 Å². The van der Waals surface area contributed by atoms with Crippen LogP contribution in [0.1, 0.15) is 48.0 Å². The molecule has 1 aromatic carbocycles. The van der Waals surface area contributed by atoms with Crippen LogP contribution >= 0.6 is 0 Å². The minimum atomic E-state index is -0.931. The van der Waals surface area contributed by atoms with Gasteiger partial charge in [-0.05, 0) is 25.8 Å². The molecule has 0 radical (unpaired) electrons. The Morgan fingerprint density at radius 2 is 1.96 bits per heavy atom. The molecule has 1 aromatic rings. The summed E-state index contributed by atoms with van der Waals surface area (Å²) in [6, 6.07) is 2.14. The fourth-order valence-corrected chi connectivity index (χ4v) is 3.23. The number of carbonyl (C=O) groups excluding carboxylic acids is 1. The van der Waals surface area contributed by atoms with Gasteiger partial charge < -0.3 is 15.2 Å². The lowest BCUT2D eigenvalue weighted by Crippen LogP contribution is -2.42. The Labute approximate surface area is 145 Å². The van der Waals surface area contributed by atoms with Crippen LogP contribution in [-0.2, 0) is 4.79 Å². The van der Waals surface area contributed by atoms with Crippen LogP contribution in [0.5, 0.6) is 5.75 Å². The Hall–Kier alpha value is -2.64. The number of ether oxygens (including phenoxy) is 1. The number of methoxy groups -OCH3 is 1. The molecule has 2 rings (SSSR count). The Morgan fingerprint density at radius 3 is 2.56 bits per heavy atom. The van der Waals surface area contributed by atoms with Gasteiger partial charge in [-0.15, -0.1) is 0 Å². The maximum Gasteiger partial charge on any atom is 0.308 e. The average Bonchev–Trinajstić information content (AvgIpc) is 2.80. The van der Waals surface area contributed by atoms with Crippen LogP contribution in [0.3, 0.4) is 0 Å². The number of hydrogen-bond donors (Lipinski definition) is 2. The van der Waals surface area contributed by atoms with Crippen molar-refractivity contribution in [3.63, 3.8) is 0 Å².